The van der Waals surface area contributed by atoms with Gasteiger partial charge in [0.1, 0.15) is 17.5 Å². The fraction of sp³-hybridized carbons (Fsp3) is 0.655. The Labute approximate surface area is 301 Å². The number of rotatable bonds is 4. The predicted octanol–water partition coefficient (Wildman–Crippen LogP) is 1.37. The molecule has 8 nitrogen and oxygen atoms in total. The average molecular weight is 969 g/mol. The molecule has 0 aromatic heterocycles. The molecular formula is C29H38Ac2O8. The zero-order valence-corrected chi connectivity index (χ0v) is 32.7. The van der Waals surface area contributed by atoms with E-state index in [2.05, 4.69) is 0 Å². The van der Waals surface area contributed by atoms with E-state index in [1.165, 1.54) is 7.11 Å². The maximum atomic E-state index is 14.4. The fourth-order valence-corrected chi connectivity index (χ4v) is 8.12. The van der Waals surface area contributed by atoms with Gasteiger partial charge in [-0.3, -0.25) is 9.59 Å². The Morgan fingerprint density at radius 1 is 1.10 bits per heavy atom. The number of Topliss-reactive ketones (excluding diaryl/α,β-unsaturated/α-hetero) is 2. The molecule has 1 aromatic carbocycles. The van der Waals surface area contributed by atoms with Crippen LogP contribution in [-0.4, -0.2) is 81.3 Å². The van der Waals surface area contributed by atoms with E-state index in [-0.39, 0.29) is 125 Å². The molecule has 39 heavy (non-hydrogen) atoms. The van der Waals surface area contributed by atoms with E-state index in [9.17, 15) is 30.0 Å². The molecule has 2 radical (unpaired) electrons. The van der Waals surface area contributed by atoms with Gasteiger partial charge in [-0.1, -0.05) is 44.2 Å². The van der Waals surface area contributed by atoms with Crippen LogP contribution in [-0.2, 0) is 25.5 Å². The van der Waals surface area contributed by atoms with Gasteiger partial charge in [0.2, 0.25) is 0 Å². The van der Waals surface area contributed by atoms with Crippen molar-refractivity contribution in [2.45, 2.75) is 82.6 Å². The number of hydrogen-bond donors (Lipinski definition) is 4. The first-order valence-corrected chi connectivity index (χ1v) is 13.0. The maximum Gasteiger partial charge on any atom is 0.174 e. The van der Waals surface area contributed by atoms with Gasteiger partial charge < -0.3 is 29.9 Å². The summed E-state index contributed by atoms with van der Waals surface area (Å²) in [5.41, 5.74) is -4.88. The Bertz CT molecular complexity index is 1160. The third-order valence-corrected chi connectivity index (χ3v) is 10.3. The van der Waals surface area contributed by atoms with Crippen molar-refractivity contribution in [1.82, 2.24) is 0 Å². The molecule has 2 saturated carbocycles. The number of aliphatic hydroxyl groups is 4. The van der Waals surface area contributed by atoms with Crippen LogP contribution < -0.4 is 0 Å². The topological polar surface area (TPSA) is 134 Å². The van der Waals surface area contributed by atoms with Crippen LogP contribution in [0.25, 0.3) is 0 Å². The Hall–Kier alpha value is 0.943. The van der Waals surface area contributed by atoms with Gasteiger partial charge in [-0.25, -0.2) is 0 Å². The van der Waals surface area contributed by atoms with Crippen molar-refractivity contribution in [1.29, 1.82) is 0 Å². The quantitative estimate of drug-likeness (QED) is 0.333. The van der Waals surface area contributed by atoms with Crippen molar-refractivity contribution >= 4 is 11.6 Å². The molecular weight excluding hydrogens is 930 g/mol. The van der Waals surface area contributed by atoms with Gasteiger partial charge in [0.15, 0.2) is 5.78 Å². The molecule has 3 aliphatic carbocycles. The number of ketones is 2. The molecule has 3 fully saturated rings. The first-order valence-electron chi connectivity index (χ1n) is 13.0. The van der Waals surface area contributed by atoms with Crippen LogP contribution in [0.15, 0.2) is 41.5 Å². The summed E-state index contributed by atoms with van der Waals surface area (Å²) in [6, 6.07) is 9.13. The second kappa shape index (κ2) is 11.8. The number of fused-ring (bicyclic) bond motifs is 5. The van der Waals surface area contributed by atoms with E-state index in [1.54, 1.807) is 27.7 Å². The molecule has 1 heterocycles. The van der Waals surface area contributed by atoms with Crippen molar-refractivity contribution in [2.24, 2.45) is 22.7 Å². The summed E-state index contributed by atoms with van der Waals surface area (Å²) in [6.45, 7) is 6.59. The van der Waals surface area contributed by atoms with E-state index in [4.69, 9.17) is 9.47 Å². The summed E-state index contributed by atoms with van der Waals surface area (Å²) >= 11 is 0. The Kier molecular flexibility index (Phi) is 10.4. The molecule has 208 valence electrons. The summed E-state index contributed by atoms with van der Waals surface area (Å²) in [7, 11) is 1.46. The minimum atomic E-state index is -1.88. The van der Waals surface area contributed by atoms with Gasteiger partial charge in [0.25, 0.3) is 0 Å². The molecule has 4 N–H and O–H groups in total. The molecule has 1 aliphatic heterocycles. The van der Waals surface area contributed by atoms with Gasteiger partial charge >= 0.3 is 0 Å². The molecule has 0 amide bonds. The number of methoxy groups -OCH3 is 1. The molecule has 10 heteroatoms. The molecule has 0 spiro atoms. The monoisotopic (exact) mass is 968 g/mol. The van der Waals surface area contributed by atoms with Crippen LogP contribution in [0.4, 0.5) is 0 Å². The largest absolute Gasteiger partial charge is 0.389 e. The van der Waals surface area contributed by atoms with Crippen molar-refractivity contribution in [3.63, 3.8) is 0 Å². The average Bonchev–Trinajstić information content (AvgIpc) is 2.83. The number of benzene rings is 1. The number of carbonyl (C=O) groups is 2. The van der Waals surface area contributed by atoms with Crippen LogP contribution in [0.5, 0.6) is 0 Å². The van der Waals surface area contributed by atoms with E-state index in [1.807, 2.05) is 30.3 Å². The summed E-state index contributed by atoms with van der Waals surface area (Å²) in [5.74, 6) is -3.30. The normalized spacial score (nSPS) is 42.4. The van der Waals surface area contributed by atoms with Crippen LogP contribution in [0.3, 0.4) is 0 Å². The maximum absolute atomic E-state index is 14.4. The van der Waals surface area contributed by atoms with Gasteiger partial charge in [0, 0.05) is 126 Å². The van der Waals surface area contributed by atoms with E-state index < -0.39 is 64.1 Å². The Morgan fingerprint density at radius 3 is 2.26 bits per heavy atom. The second-order valence-electron chi connectivity index (χ2n) is 12.3. The molecule has 1 aromatic rings. The molecule has 2 bridgehead atoms. The van der Waals surface area contributed by atoms with Crippen LogP contribution >= 0.6 is 0 Å². The third kappa shape index (κ3) is 4.83. The van der Waals surface area contributed by atoms with Crippen molar-refractivity contribution in [2.75, 3.05) is 13.7 Å². The Balaban J connectivity index is 0.00000210. The minimum absolute atomic E-state index is 0. The van der Waals surface area contributed by atoms with Crippen LogP contribution in [0.1, 0.15) is 46.1 Å². The Morgan fingerprint density at radius 2 is 1.72 bits per heavy atom. The standard InChI is InChI=1S/C29H38O8.2Ac/c1-15-18(31)13-29(35)22(17(30)11-16-9-7-6-8-10-16)24-27(4,25(33)23(32)21(15)26(29,2)3)19(36-5)12-20-28(24,34)14-37-20;;/h6-10,18-20,22-24,31-32,34-35H,11-14H2,1-5H3;;/t18?,19?,20?,22?,23?,24?,27-,28+,29?;;/m1../s1. The van der Waals surface area contributed by atoms with Crippen molar-refractivity contribution in [3.8, 4) is 0 Å². The van der Waals surface area contributed by atoms with E-state index in [0.29, 0.717) is 5.57 Å². The minimum Gasteiger partial charge on any atom is -0.389 e. The van der Waals surface area contributed by atoms with Crippen LogP contribution in [0.2, 0.25) is 0 Å². The predicted molar refractivity (Wildman–Crippen MR) is 133 cm³/mol. The van der Waals surface area contributed by atoms with Gasteiger partial charge in [-0.2, -0.15) is 0 Å². The van der Waals surface area contributed by atoms with E-state index in [0.717, 1.165) is 5.56 Å². The first-order chi connectivity index (χ1) is 17.2. The molecule has 7 unspecified atom stereocenters. The van der Waals surface area contributed by atoms with Crippen molar-refractivity contribution < 1.29 is 128 Å². The van der Waals surface area contributed by atoms with E-state index >= 15 is 0 Å². The third-order valence-electron chi connectivity index (χ3n) is 10.3. The zero-order valence-electron chi connectivity index (χ0n) is 23.3. The molecule has 9 atom stereocenters. The number of aliphatic hydroxyl groups excluding tert-OH is 2. The van der Waals surface area contributed by atoms with Gasteiger partial charge in [-0.15, -0.1) is 0 Å². The van der Waals surface area contributed by atoms with Crippen LogP contribution in [0, 0.1) is 111 Å². The first kappa shape index (κ1) is 34.4. The summed E-state index contributed by atoms with van der Waals surface area (Å²) < 4.78 is 11.5. The van der Waals surface area contributed by atoms with Crippen molar-refractivity contribution in [3.05, 3.63) is 47.0 Å². The number of hydrogen-bond acceptors (Lipinski definition) is 8. The zero-order chi connectivity index (χ0) is 27.1. The fourth-order valence-electron chi connectivity index (χ4n) is 8.12. The summed E-state index contributed by atoms with van der Waals surface area (Å²) in [5, 5.41) is 47.4. The molecule has 4 aliphatic rings. The summed E-state index contributed by atoms with van der Waals surface area (Å²) in [4.78, 5) is 28.7. The SMILES string of the molecule is COC1CC2OC[C@@]2(O)C2C(C(=O)Cc3ccccc3)C3(O)CC(O)C(C)=C(C(O)C(=O)[C@]12C)C3(C)C.[Ac].[Ac]. The summed E-state index contributed by atoms with van der Waals surface area (Å²) in [6.07, 6.45) is -4.27. The molecule has 1 saturated heterocycles. The number of ether oxygens (including phenoxy) is 2. The molecule has 5 rings (SSSR count). The second-order valence-corrected chi connectivity index (χ2v) is 12.3. The van der Waals surface area contributed by atoms with Gasteiger partial charge in [-0.05, 0) is 30.6 Å². The number of carbonyl (C=O) groups excluding carboxylic acids is 2. The smallest absolute Gasteiger partial charge is 0.174 e. The van der Waals surface area contributed by atoms with Gasteiger partial charge in [0.05, 0.1) is 41.9 Å².